The van der Waals surface area contributed by atoms with E-state index in [0.717, 1.165) is 38.4 Å². The molecule has 0 N–H and O–H groups in total. The second-order valence-corrected chi connectivity index (χ2v) is 7.27. The molecule has 0 saturated carbocycles. The van der Waals surface area contributed by atoms with Crippen LogP contribution < -0.4 is 0 Å². The number of nitrogens with zero attached hydrogens (tertiary/aromatic N) is 2. The van der Waals surface area contributed by atoms with Gasteiger partial charge in [-0.3, -0.25) is 9.88 Å². The molecular formula is C22H30N2O. The van der Waals surface area contributed by atoms with E-state index in [2.05, 4.69) is 66.2 Å². The molecule has 3 heteroatoms. The second kappa shape index (κ2) is 8.59. The lowest BCUT2D eigenvalue weighted by Gasteiger charge is -2.31. The zero-order valence-electron chi connectivity index (χ0n) is 15.5. The fourth-order valence-electron chi connectivity index (χ4n) is 3.88. The average Bonchev–Trinajstić information content (AvgIpc) is 3.10. The predicted octanol–water partition coefficient (Wildman–Crippen LogP) is 4.50. The normalized spacial score (nSPS) is 22.2. The first kappa shape index (κ1) is 18.1. The van der Waals surface area contributed by atoms with Gasteiger partial charge in [-0.15, -0.1) is 0 Å². The molecule has 2 atom stereocenters. The Bertz CT molecular complexity index is 631. The van der Waals surface area contributed by atoms with Crippen molar-refractivity contribution in [2.24, 2.45) is 5.41 Å². The summed E-state index contributed by atoms with van der Waals surface area (Å²) >= 11 is 0. The molecule has 25 heavy (non-hydrogen) atoms. The van der Waals surface area contributed by atoms with E-state index in [4.69, 9.17) is 4.74 Å². The molecule has 1 aromatic carbocycles. The van der Waals surface area contributed by atoms with Crippen molar-refractivity contribution < 1.29 is 4.74 Å². The van der Waals surface area contributed by atoms with E-state index in [1.807, 2.05) is 12.3 Å². The third kappa shape index (κ3) is 4.68. The van der Waals surface area contributed by atoms with Crippen LogP contribution in [0, 0.1) is 5.41 Å². The van der Waals surface area contributed by atoms with Crippen LogP contribution >= 0.6 is 0 Å². The zero-order valence-corrected chi connectivity index (χ0v) is 15.5. The number of aryl methyl sites for hydroxylation is 1. The SMILES string of the molecule is CCOCC1(CCc2ccccc2)CCN(C(C)c2ccccn2)C1. The number of hydrogen-bond acceptors (Lipinski definition) is 3. The van der Waals surface area contributed by atoms with Gasteiger partial charge in [-0.05, 0) is 57.4 Å². The number of ether oxygens (including phenoxy) is 1. The Hall–Kier alpha value is -1.71. The third-order valence-corrected chi connectivity index (χ3v) is 5.53. The minimum Gasteiger partial charge on any atom is -0.381 e. The minimum atomic E-state index is 0.259. The molecule has 2 heterocycles. The van der Waals surface area contributed by atoms with Crippen molar-refractivity contribution in [1.82, 2.24) is 9.88 Å². The number of aromatic nitrogens is 1. The molecule has 1 aliphatic heterocycles. The fourth-order valence-corrected chi connectivity index (χ4v) is 3.88. The van der Waals surface area contributed by atoms with Crippen LogP contribution in [-0.2, 0) is 11.2 Å². The molecule has 1 aliphatic rings. The van der Waals surface area contributed by atoms with Crippen LogP contribution in [0.4, 0.5) is 0 Å². The van der Waals surface area contributed by atoms with E-state index >= 15 is 0 Å². The Kier molecular flexibility index (Phi) is 6.22. The first-order valence-corrected chi connectivity index (χ1v) is 9.49. The molecule has 1 fully saturated rings. The molecule has 0 bridgehead atoms. The third-order valence-electron chi connectivity index (χ3n) is 5.53. The maximum absolute atomic E-state index is 5.90. The molecule has 3 rings (SSSR count). The van der Waals surface area contributed by atoms with Crippen molar-refractivity contribution in [2.75, 3.05) is 26.3 Å². The first-order valence-electron chi connectivity index (χ1n) is 9.49. The summed E-state index contributed by atoms with van der Waals surface area (Å²) in [4.78, 5) is 7.13. The summed E-state index contributed by atoms with van der Waals surface area (Å²) in [5.74, 6) is 0. The molecule has 0 aliphatic carbocycles. The van der Waals surface area contributed by atoms with Gasteiger partial charge in [-0.2, -0.15) is 0 Å². The Morgan fingerprint density at radius 3 is 2.68 bits per heavy atom. The Labute approximate surface area is 152 Å². The Morgan fingerprint density at radius 1 is 1.16 bits per heavy atom. The quantitative estimate of drug-likeness (QED) is 0.708. The lowest BCUT2D eigenvalue weighted by molar-refractivity contribution is 0.0465. The monoisotopic (exact) mass is 338 g/mol. The molecular weight excluding hydrogens is 308 g/mol. The van der Waals surface area contributed by atoms with Gasteiger partial charge in [0.25, 0.3) is 0 Å². The summed E-state index contributed by atoms with van der Waals surface area (Å²) in [6.07, 6.45) is 5.41. The molecule has 0 radical (unpaired) electrons. The molecule has 0 amide bonds. The van der Waals surface area contributed by atoms with Crippen molar-refractivity contribution in [3.8, 4) is 0 Å². The smallest absolute Gasteiger partial charge is 0.0572 e. The molecule has 3 nitrogen and oxygen atoms in total. The van der Waals surface area contributed by atoms with E-state index in [-0.39, 0.29) is 5.41 Å². The topological polar surface area (TPSA) is 25.4 Å². The highest BCUT2D eigenvalue weighted by molar-refractivity contribution is 5.15. The number of benzene rings is 1. The fraction of sp³-hybridized carbons (Fsp3) is 0.500. The molecule has 1 aromatic heterocycles. The lowest BCUT2D eigenvalue weighted by Crippen LogP contribution is -2.33. The van der Waals surface area contributed by atoms with Crippen LogP contribution in [0.15, 0.2) is 54.7 Å². The van der Waals surface area contributed by atoms with Crippen LogP contribution in [0.5, 0.6) is 0 Å². The van der Waals surface area contributed by atoms with Crippen LogP contribution in [0.2, 0.25) is 0 Å². The van der Waals surface area contributed by atoms with Crippen molar-refractivity contribution in [1.29, 1.82) is 0 Å². The standard InChI is InChI=1S/C22H30N2O/c1-3-25-18-22(13-12-20-9-5-4-6-10-20)14-16-24(17-22)19(2)21-11-7-8-15-23-21/h4-11,15,19H,3,12-14,16-18H2,1-2H3. The van der Waals surface area contributed by atoms with Crippen LogP contribution in [0.3, 0.4) is 0 Å². The molecule has 134 valence electrons. The van der Waals surface area contributed by atoms with E-state index in [0.29, 0.717) is 6.04 Å². The van der Waals surface area contributed by atoms with E-state index < -0.39 is 0 Å². The van der Waals surface area contributed by atoms with E-state index in [9.17, 15) is 0 Å². The van der Waals surface area contributed by atoms with Gasteiger partial charge < -0.3 is 4.74 Å². The zero-order chi connectivity index (χ0) is 17.5. The van der Waals surface area contributed by atoms with Crippen LogP contribution in [0.25, 0.3) is 0 Å². The minimum absolute atomic E-state index is 0.259. The molecule has 0 spiro atoms. The molecule has 2 unspecified atom stereocenters. The average molecular weight is 338 g/mol. The predicted molar refractivity (Wildman–Crippen MR) is 103 cm³/mol. The van der Waals surface area contributed by atoms with Gasteiger partial charge in [0.05, 0.1) is 12.3 Å². The first-order chi connectivity index (χ1) is 12.2. The Morgan fingerprint density at radius 2 is 1.96 bits per heavy atom. The van der Waals surface area contributed by atoms with Gasteiger partial charge in [0, 0.05) is 30.8 Å². The van der Waals surface area contributed by atoms with Gasteiger partial charge in [0.1, 0.15) is 0 Å². The number of pyridine rings is 1. The summed E-state index contributed by atoms with van der Waals surface area (Å²) in [5, 5.41) is 0. The molecule has 2 aromatic rings. The summed E-state index contributed by atoms with van der Waals surface area (Å²) < 4.78 is 5.90. The van der Waals surface area contributed by atoms with Gasteiger partial charge in [-0.1, -0.05) is 36.4 Å². The molecule has 1 saturated heterocycles. The van der Waals surface area contributed by atoms with Gasteiger partial charge in [0.2, 0.25) is 0 Å². The van der Waals surface area contributed by atoms with Gasteiger partial charge in [-0.25, -0.2) is 0 Å². The second-order valence-electron chi connectivity index (χ2n) is 7.27. The summed E-state index contributed by atoms with van der Waals surface area (Å²) in [6, 6.07) is 17.4. The van der Waals surface area contributed by atoms with Crippen molar-refractivity contribution in [3.05, 3.63) is 66.0 Å². The largest absolute Gasteiger partial charge is 0.381 e. The van der Waals surface area contributed by atoms with Crippen molar-refractivity contribution in [2.45, 2.75) is 39.2 Å². The number of rotatable bonds is 8. The summed E-state index contributed by atoms with van der Waals surface area (Å²) in [6.45, 7) is 8.24. The maximum atomic E-state index is 5.90. The van der Waals surface area contributed by atoms with Crippen LogP contribution in [0.1, 0.15) is 44.0 Å². The summed E-state index contributed by atoms with van der Waals surface area (Å²) in [7, 11) is 0. The lowest BCUT2D eigenvalue weighted by atomic mass is 9.82. The maximum Gasteiger partial charge on any atom is 0.0572 e. The van der Waals surface area contributed by atoms with Gasteiger partial charge >= 0.3 is 0 Å². The van der Waals surface area contributed by atoms with Crippen molar-refractivity contribution in [3.63, 3.8) is 0 Å². The summed E-state index contributed by atoms with van der Waals surface area (Å²) in [5.41, 5.74) is 2.85. The van der Waals surface area contributed by atoms with Crippen molar-refractivity contribution >= 4 is 0 Å². The number of hydrogen-bond donors (Lipinski definition) is 0. The van der Waals surface area contributed by atoms with Crippen LogP contribution in [-0.4, -0.2) is 36.2 Å². The van der Waals surface area contributed by atoms with E-state index in [1.54, 1.807) is 0 Å². The highest BCUT2D eigenvalue weighted by Crippen LogP contribution is 2.39. The number of likely N-dealkylation sites (tertiary alicyclic amines) is 1. The highest BCUT2D eigenvalue weighted by atomic mass is 16.5. The highest BCUT2D eigenvalue weighted by Gasteiger charge is 2.39. The Balaban J connectivity index is 1.67. The van der Waals surface area contributed by atoms with Gasteiger partial charge in [0.15, 0.2) is 0 Å². The van der Waals surface area contributed by atoms with E-state index in [1.165, 1.54) is 18.4 Å².